The van der Waals surface area contributed by atoms with Crippen LogP contribution in [0.1, 0.15) is 0 Å². The first-order valence-electron chi connectivity index (χ1n) is 3.21. The van der Waals surface area contributed by atoms with Crippen molar-refractivity contribution in [2.24, 2.45) is 0 Å². The third-order valence-electron chi connectivity index (χ3n) is 1.13. The third kappa shape index (κ3) is 2.95. The number of rotatable bonds is 1. The molecule has 3 nitrogen and oxygen atoms in total. The van der Waals surface area contributed by atoms with E-state index in [1.807, 2.05) is 25.8 Å². The number of carbonyl (C=O) groups is 1. The first-order valence-corrected chi connectivity index (χ1v) is 7.88. The minimum Gasteiger partial charge on any atom is -0.270 e. The van der Waals surface area contributed by atoms with Crippen LogP contribution in [0.5, 0.6) is 0 Å². The molecule has 0 unspecified atom stereocenters. The highest BCUT2D eigenvalue weighted by molar-refractivity contribution is 8.13. The summed E-state index contributed by atoms with van der Waals surface area (Å²) >= 11 is 1.08. The Balaban J connectivity index is 4.45. The first kappa shape index (κ1) is 10.5. The summed E-state index contributed by atoms with van der Waals surface area (Å²) in [6, 6.07) is 0. The Hall–Kier alpha value is -0.473. The lowest BCUT2D eigenvalue weighted by molar-refractivity contribution is 0.253. The lowest BCUT2D eigenvalue weighted by atomic mass is 11.2. The lowest BCUT2D eigenvalue weighted by Gasteiger charge is -2.25. The van der Waals surface area contributed by atoms with Gasteiger partial charge in [0.15, 0.2) is 14.4 Å². The topological polar surface area (TPSA) is 44.1 Å². The molecule has 0 heterocycles. The van der Waals surface area contributed by atoms with E-state index in [4.69, 9.17) is 5.26 Å². The van der Waals surface area contributed by atoms with Crippen LogP contribution in [0.3, 0.4) is 0 Å². The number of amides is 1. The average Bonchev–Trinajstić information content (AvgIpc) is 1.86. The number of nitrogens with zero attached hydrogens (tertiary/aromatic N) is 2. The van der Waals surface area contributed by atoms with Gasteiger partial charge in [0.05, 0.1) is 0 Å². The molecule has 0 saturated heterocycles. The van der Waals surface area contributed by atoms with Crippen LogP contribution < -0.4 is 0 Å². The van der Waals surface area contributed by atoms with Crippen LogP contribution in [0.4, 0.5) is 4.79 Å². The van der Waals surface area contributed by atoms with Gasteiger partial charge in [-0.1, -0.05) is 31.4 Å². The van der Waals surface area contributed by atoms with Gasteiger partial charge in [0.2, 0.25) is 0 Å². The largest absolute Gasteiger partial charge is 0.286 e. The number of hydrogen-bond acceptors (Lipinski definition) is 3. The molecule has 0 aromatic carbocycles. The Labute approximate surface area is 72.5 Å². The van der Waals surface area contributed by atoms with E-state index in [1.54, 1.807) is 6.26 Å². The highest BCUT2D eigenvalue weighted by atomic mass is 32.2. The summed E-state index contributed by atoms with van der Waals surface area (Å²) < 4.78 is 1.30. The molecule has 0 fully saturated rings. The molecule has 0 aromatic rings. The molecule has 0 saturated carbocycles. The smallest absolute Gasteiger partial charge is 0.270 e. The van der Waals surface area contributed by atoms with Gasteiger partial charge in [-0.25, -0.2) is 0 Å². The highest BCUT2D eigenvalue weighted by Gasteiger charge is 2.28. The number of hydrogen-bond donors (Lipinski definition) is 0. The van der Waals surface area contributed by atoms with E-state index in [2.05, 4.69) is 0 Å². The van der Waals surface area contributed by atoms with Gasteiger partial charge in [0.25, 0.3) is 5.24 Å². The van der Waals surface area contributed by atoms with Crippen LogP contribution in [0.2, 0.25) is 19.6 Å². The van der Waals surface area contributed by atoms with Crippen molar-refractivity contribution in [3.05, 3.63) is 0 Å². The van der Waals surface area contributed by atoms with E-state index in [0.717, 1.165) is 11.8 Å². The maximum atomic E-state index is 11.1. The molecule has 0 N–H and O–H groups in total. The van der Waals surface area contributed by atoms with Gasteiger partial charge < -0.3 is 0 Å². The lowest BCUT2D eigenvalue weighted by Crippen LogP contribution is -2.44. The maximum absolute atomic E-state index is 11.1. The Kier molecular flexibility index (Phi) is 3.62. The monoisotopic (exact) mass is 188 g/mol. The molecular weight excluding hydrogens is 176 g/mol. The molecule has 0 atom stereocenters. The number of carbonyl (C=O) groups excluding carboxylic acids is 1. The Morgan fingerprint density at radius 3 is 2.09 bits per heavy atom. The zero-order chi connectivity index (χ0) is 9.07. The fourth-order valence-corrected chi connectivity index (χ4v) is 2.72. The van der Waals surface area contributed by atoms with Crippen molar-refractivity contribution < 1.29 is 4.79 Å². The minimum absolute atomic E-state index is 0.147. The zero-order valence-electron chi connectivity index (χ0n) is 7.21. The van der Waals surface area contributed by atoms with Gasteiger partial charge in [-0.15, -0.1) is 0 Å². The van der Waals surface area contributed by atoms with Crippen LogP contribution in [-0.2, 0) is 0 Å². The van der Waals surface area contributed by atoms with Gasteiger partial charge in [-0.2, -0.15) is 5.26 Å². The van der Waals surface area contributed by atoms with Crippen LogP contribution >= 0.6 is 11.8 Å². The molecule has 0 aliphatic rings. The molecule has 0 spiro atoms. The summed E-state index contributed by atoms with van der Waals surface area (Å²) in [7, 11) is -1.77. The van der Waals surface area contributed by atoms with E-state index >= 15 is 0 Å². The summed E-state index contributed by atoms with van der Waals surface area (Å²) in [6.07, 6.45) is 3.60. The summed E-state index contributed by atoms with van der Waals surface area (Å²) in [5, 5.41) is 8.49. The highest BCUT2D eigenvalue weighted by Crippen LogP contribution is 2.13. The maximum Gasteiger partial charge on any atom is 0.286 e. The average molecular weight is 188 g/mol. The summed E-state index contributed by atoms with van der Waals surface area (Å²) in [5.41, 5.74) is 0. The standard InChI is InChI=1S/C6H12N2OSSi/c1-10-6(9)8(5-7)11(2,3)4/h1-4H3. The summed E-state index contributed by atoms with van der Waals surface area (Å²) in [6.45, 7) is 5.89. The van der Waals surface area contributed by atoms with Gasteiger partial charge in [-0.3, -0.25) is 9.36 Å². The molecule has 5 heteroatoms. The van der Waals surface area contributed by atoms with Crippen molar-refractivity contribution in [1.82, 2.24) is 4.57 Å². The van der Waals surface area contributed by atoms with E-state index in [0.29, 0.717) is 0 Å². The van der Waals surface area contributed by atoms with Crippen LogP contribution in [0.15, 0.2) is 0 Å². The van der Waals surface area contributed by atoms with Crippen molar-refractivity contribution in [2.45, 2.75) is 19.6 Å². The predicted molar refractivity (Wildman–Crippen MR) is 49.7 cm³/mol. The van der Waals surface area contributed by atoms with Gasteiger partial charge in [0.1, 0.15) is 0 Å². The summed E-state index contributed by atoms with van der Waals surface area (Å²) in [5.74, 6) is 0. The Morgan fingerprint density at radius 2 is 2.00 bits per heavy atom. The van der Waals surface area contributed by atoms with E-state index in [-0.39, 0.29) is 5.24 Å². The van der Waals surface area contributed by atoms with Crippen molar-refractivity contribution in [3.8, 4) is 6.19 Å². The predicted octanol–water partition coefficient (Wildman–Crippen LogP) is 2.09. The van der Waals surface area contributed by atoms with Gasteiger partial charge >= 0.3 is 0 Å². The molecule has 1 amide bonds. The molecular formula is C6H12N2OSSi. The Bertz CT molecular complexity index is 194. The number of thioether (sulfide) groups is 1. The van der Waals surface area contributed by atoms with Crippen LogP contribution in [-0.4, -0.2) is 24.3 Å². The zero-order valence-corrected chi connectivity index (χ0v) is 9.03. The molecule has 0 aliphatic carbocycles. The SMILES string of the molecule is CSC(=O)N(C#N)[Si](C)(C)C. The molecule has 0 bridgehead atoms. The molecule has 62 valence electrons. The number of nitriles is 1. The fourth-order valence-electron chi connectivity index (χ4n) is 0.556. The van der Waals surface area contributed by atoms with Crippen molar-refractivity contribution in [2.75, 3.05) is 6.26 Å². The van der Waals surface area contributed by atoms with Crippen LogP contribution in [0.25, 0.3) is 0 Å². The van der Waals surface area contributed by atoms with E-state index in [1.165, 1.54) is 4.57 Å². The normalized spacial score (nSPS) is 10.5. The molecule has 11 heavy (non-hydrogen) atoms. The van der Waals surface area contributed by atoms with Crippen molar-refractivity contribution >= 4 is 25.2 Å². The van der Waals surface area contributed by atoms with Crippen LogP contribution in [0, 0.1) is 11.5 Å². The molecule has 0 aliphatic heterocycles. The molecule has 0 rings (SSSR count). The van der Waals surface area contributed by atoms with Gasteiger partial charge in [-0.05, 0) is 6.26 Å². The quantitative estimate of drug-likeness (QED) is 0.359. The minimum atomic E-state index is -1.77. The second kappa shape index (κ2) is 3.79. The van der Waals surface area contributed by atoms with E-state index in [9.17, 15) is 4.79 Å². The second-order valence-electron chi connectivity index (χ2n) is 3.08. The van der Waals surface area contributed by atoms with Crippen molar-refractivity contribution in [1.29, 1.82) is 5.26 Å². The van der Waals surface area contributed by atoms with E-state index < -0.39 is 8.24 Å². The molecule has 0 radical (unpaired) electrons. The first-order chi connectivity index (χ1) is 4.93. The molecule has 0 aromatic heterocycles. The van der Waals surface area contributed by atoms with Crippen molar-refractivity contribution in [3.63, 3.8) is 0 Å². The fraction of sp³-hybridized carbons (Fsp3) is 0.667. The second-order valence-corrected chi connectivity index (χ2v) is 8.62. The summed E-state index contributed by atoms with van der Waals surface area (Å²) in [4.78, 5) is 11.1. The Morgan fingerprint density at radius 1 is 1.55 bits per heavy atom. The van der Waals surface area contributed by atoms with Gasteiger partial charge in [0, 0.05) is 0 Å². The third-order valence-corrected chi connectivity index (χ3v) is 3.47.